The predicted molar refractivity (Wildman–Crippen MR) is 110 cm³/mol. The van der Waals surface area contributed by atoms with E-state index in [-0.39, 0.29) is 24.1 Å². The summed E-state index contributed by atoms with van der Waals surface area (Å²) in [5.74, 6) is 0.809. The monoisotopic (exact) mass is 386 g/mol. The number of ether oxygens (including phenoxy) is 1. The highest BCUT2D eigenvalue weighted by Gasteiger charge is 2.14. The van der Waals surface area contributed by atoms with E-state index in [0.29, 0.717) is 6.61 Å². The Kier molecular flexibility index (Phi) is 8.20. The average Bonchev–Trinajstić information content (AvgIpc) is 2.67. The van der Waals surface area contributed by atoms with Gasteiger partial charge >= 0.3 is 0 Å². The molecular weight excluding hydrogens is 360 g/mol. The first kappa shape index (κ1) is 20.8. The van der Waals surface area contributed by atoms with Gasteiger partial charge in [0.05, 0.1) is 18.9 Å². The van der Waals surface area contributed by atoms with Crippen LogP contribution in [0, 0.1) is 0 Å². The Bertz CT molecular complexity index is 762. The number of carbonyl (C=O) groups is 2. The fraction of sp³-hybridized carbons (Fsp3) is 0.333. The van der Waals surface area contributed by atoms with Crippen molar-refractivity contribution >= 4 is 29.3 Å². The first-order chi connectivity index (χ1) is 13.0. The van der Waals surface area contributed by atoms with Gasteiger partial charge in [0.2, 0.25) is 11.8 Å². The van der Waals surface area contributed by atoms with Gasteiger partial charge < -0.3 is 15.0 Å². The number of para-hydroxylation sites is 1. The molecule has 0 aromatic heterocycles. The lowest BCUT2D eigenvalue weighted by molar-refractivity contribution is -0.131. The van der Waals surface area contributed by atoms with Crippen molar-refractivity contribution in [2.45, 2.75) is 25.2 Å². The van der Waals surface area contributed by atoms with Gasteiger partial charge in [-0.25, -0.2) is 0 Å². The number of thioether (sulfide) groups is 1. The number of carbonyl (C=O) groups excluding carboxylic acids is 2. The van der Waals surface area contributed by atoms with Gasteiger partial charge in [0, 0.05) is 17.6 Å². The largest absolute Gasteiger partial charge is 0.494 e. The quantitative estimate of drug-likeness (QED) is 0.665. The number of rotatable bonds is 9. The van der Waals surface area contributed by atoms with Crippen molar-refractivity contribution in [1.29, 1.82) is 0 Å². The van der Waals surface area contributed by atoms with Gasteiger partial charge in [0.15, 0.2) is 0 Å². The second-order valence-electron chi connectivity index (χ2n) is 6.00. The van der Waals surface area contributed by atoms with Crippen LogP contribution in [-0.2, 0) is 16.0 Å². The molecule has 0 aliphatic carbocycles. The molecule has 0 aliphatic heterocycles. The number of nitrogens with zero attached hydrogens (tertiary/aromatic N) is 1. The summed E-state index contributed by atoms with van der Waals surface area (Å²) < 4.78 is 5.40. The van der Waals surface area contributed by atoms with Crippen LogP contribution in [-0.4, -0.2) is 42.7 Å². The molecule has 0 spiro atoms. The van der Waals surface area contributed by atoms with Crippen LogP contribution in [0.2, 0.25) is 0 Å². The molecule has 0 fully saturated rings. The number of aryl methyl sites for hydroxylation is 1. The van der Waals surface area contributed by atoms with E-state index in [4.69, 9.17) is 4.74 Å². The van der Waals surface area contributed by atoms with E-state index in [1.165, 1.54) is 16.7 Å². The summed E-state index contributed by atoms with van der Waals surface area (Å²) >= 11 is 1.44. The van der Waals surface area contributed by atoms with Gasteiger partial charge in [0.25, 0.3) is 0 Å². The van der Waals surface area contributed by atoms with Gasteiger partial charge in [0.1, 0.15) is 5.75 Å². The van der Waals surface area contributed by atoms with Gasteiger partial charge in [-0.15, -0.1) is 11.8 Å². The topological polar surface area (TPSA) is 58.6 Å². The number of likely N-dealkylation sites (N-methyl/N-ethyl adjacent to an activating group) is 1. The van der Waals surface area contributed by atoms with Crippen molar-refractivity contribution in [2.75, 3.05) is 31.3 Å². The molecule has 0 aliphatic rings. The third kappa shape index (κ3) is 6.64. The predicted octanol–water partition coefficient (Wildman–Crippen LogP) is 3.84. The molecule has 6 heteroatoms. The Morgan fingerprint density at radius 2 is 1.78 bits per heavy atom. The summed E-state index contributed by atoms with van der Waals surface area (Å²) in [6, 6.07) is 15.3. The zero-order chi connectivity index (χ0) is 19.6. The van der Waals surface area contributed by atoms with Crippen LogP contribution in [0.5, 0.6) is 5.75 Å². The summed E-state index contributed by atoms with van der Waals surface area (Å²) in [5, 5.41) is 2.89. The van der Waals surface area contributed by atoms with E-state index in [9.17, 15) is 9.59 Å². The van der Waals surface area contributed by atoms with E-state index in [1.54, 1.807) is 7.05 Å². The first-order valence-corrected chi connectivity index (χ1v) is 9.99. The molecule has 0 atom stereocenters. The lowest BCUT2D eigenvalue weighted by atomic mass is 10.1. The van der Waals surface area contributed by atoms with E-state index >= 15 is 0 Å². The zero-order valence-electron chi connectivity index (χ0n) is 16.0. The van der Waals surface area contributed by atoms with E-state index in [0.717, 1.165) is 28.3 Å². The molecule has 0 saturated heterocycles. The third-order valence-electron chi connectivity index (χ3n) is 3.98. The van der Waals surface area contributed by atoms with Crippen LogP contribution in [0.3, 0.4) is 0 Å². The van der Waals surface area contributed by atoms with E-state index in [1.807, 2.05) is 62.4 Å². The normalized spacial score (nSPS) is 10.3. The molecule has 2 amide bonds. The lowest BCUT2D eigenvalue weighted by Gasteiger charge is -2.17. The van der Waals surface area contributed by atoms with Crippen LogP contribution in [0.4, 0.5) is 5.69 Å². The fourth-order valence-electron chi connectivity index (χ4n) is 2.50. The number of hydrogen-bond donors (Lipinski definition) is 1. The second-order valence-corrected chi connectivity index (χ2v) is 7.05. The minimum absolute atomic E-state index is 0.0285. The minimum Gasteiger partial charge on any atom is -0.494 e. The number of amides is 2. The maximum atomic E-state index is 12.3. The number of hydrogen-bond acceptors (Lipinski definition) is 4. The summed E-state index contributed by atoms with van der Waals surface area (Å²) in [6.07, 6.45) is 0.837. The Morgan fingerprint density at radius 1 is 1.07 bits per heavy atom. The Labute approximate surface area is 165 Å². The molecule has 2 aromatic rings. The molecular formula is C21H26N2O3S. The SMILES string of the molecule is CCOc1ccc(SCC(=O)N(C)CC(=O)Nc2ccccc2CC)cc1. The first-order valence-electron chi connectivity index (χ1n) is 9.00. The highest BCUT2D eigenvalue weighted by molar-refractivity contribution is 8.00. The smallest absolute Gasteiger partial charge is 0.243 e. The van der Waals surface area contributed by atoms with Crippen LogP contribution in [0.15, 0.2) is 53.4 Å². The summed E-state index contributed by atoms with van der Waals surface area (Å²) in [7, 11) is 1.65. The molecule has 0 heterocycles. The Hall–Kier alpha value is -2.47. The molecule has 144 valence electrons. The van der Waals surface area contributed by atoms with Crippen molar-refractivity contribution in [1.82, 2.24) is 4.90 Å². The van der Waals surface area contributed by atoms with Crippen molar-refractivity contribution < 1.29 is 14.3 Å². The van der Waals surface area contributed by atoms with Crippen molar-refractivity contribution in [2.24, 2.45) is 0 Å². The van der Waals surface area contributed by atoms with Gasteiger partial charge in [-0.3, -0.25) is 9.59 Å². The van der Waals surface area contributed by atoms with Gasteiger partial charge in [-0.1, -0.05) is 25.1 Å². The van der Waals surface area contributed by atoms with E-state index in [2.05, 4.69) is 5.32 Å². The highest BCUT2D eigenvalue weighted by atomic mass is 32.2. The van der Waals surface area contributed by atoms with Crippen molar-refractivity contribution in [3.63, 3.8) is 0 Å². The molecule has 0 unspecified atom stereocenters. The van der Waals surface area contributed by atoms with E-state index < -0.39 is 0 Å². The lowest BCUT2D eigenvalue weighted by Crippen LogP contribution is -2.36. The van der Waals surface area contributed by atoms with Crippen LogP contribution in [0.1, 0.15) is 19.4 Å². The van der Waals surface area contributed by atoms with Crippen LogP contribution < -0.4 is 10.1 Å². The average molecular weight is 387 g/mol. The standard InChI is InChI=1S/C21H26N2O3S/c1-4-16-8-6-7-9-19(16)22-20(24)14-23(3)21(25)15-27-18-12-10-17(11-13-18)26-5-2/h6-13H,4-5,14-15H2,1-3H3,(H,22,24). The minimum atomic E-state index is -0.196. The number of nitrogens with one attached hydrogen (secondary N) is 1. The molecule has 0 bridgehead atoms. The molecule has 0 radical (unpaired) electrons. The molecule has 0 saturated carbocycles. The van der Waals surface area contributed by atoms with Crippen LogP contribution >= 0.6 is 11.8 Å². The molecule has 2 rings (SSSR count). The molecule has 2 aromatic carbocycles. The maximum absolute atomic E-state index is 12.3. The molecule has 27 heavy (non-hydrogen) atoms. The Balaban J connectivity index is 1.81. The van der Waals surface area contributed by atoms with Gasteiger partial charge in [-0.05, 0) is 49.2 Å². The number of anilines is 1. The maximum Gasteiger partial charge on any atom is 0.243 e. The molecule has 5 nitrogen and oxygen atoms in total. The zero-order valence-corrected chi connectivity index (χ0v) is 16.8. The second kappa shape index (κ2) is 10.6. The van der Waals surface area contributed by atoms with Crippen molar-refractivity contribution in [3.8, 4) is 5.75 Å². The fourth-order valence-corrected chi connectivity index (χ4v) is 3.34. The third-order valence-corrected chi connectivity index (χ3v) is 4.97. The van der Waals surface area contributed by atoms with Gasteiger partial charge in [-0.2, -0.15) is 0 Å². The van der Waals surface area contributed by atoms with Crippen molar-refractivity contribution in [3.05, 3.63) is 54.1 Å². The molecule has 1 N–H and O–H groups in total. The Morgan fingerprint density at radius 3 is 2.44 bits per heavy atom. The summed E-state index contributed by atoms with van der Waals surface area (Å²) in [4.78, 5) is 27.0. The summed E-state index contributed by atoms with van der Waals surface area (Å²) in [6.45, 7) is 4.63. The highest BCUT2D eigenvalue weighted by Crippen LogP contribution is 2.21. The summed E-state index contributed by atoms with van der Waals surface area (Å²) in [5.41, 5.74) is 1.88. The number of benzene rings is 2. The van der Waals surface area contributed by atoms with Crippen LogP contribution in [0.25, 0.3) is 0 Å².